The summed E-state index contributed by atoms with van der Waals surface area (Å²) in [5, 5.41) is 5.77. The summed E-state index contributed by atoms with van der Waals surface area (Å²) in [4.78, 5) is 28.2. The summed E-state index contributed by atoms with van der Waals surface area (Å²) in [6, 6.07) is 6.99. The smallest absolute Gasteiger partial charge is 0.321 e. The molecule has 1 fully saturated rings. The van der Waals surface area contributed by atoms with Crippen LogP contribution in [0.25, 0.3) is 0 Å². The second-order valence-corrected chi connectivity index (χ2v) is 6.73. The quantitative estimate of drug-likeness (QED) is 0.870. The lowest BCUT2D eigenvalue weighted by atomic mass is 10.2. The van der Waals surface area contributed by atoms with Gasteiger partial charge in [-0.2, -0.15) is 0 Å². The van der Waals surface area contributed by atoms with Crippen molar-refractivity contribution in [3.63, 3.8) is 0 Å². The standard InChI is InChI=1S/C17H25ClN4O2/c1-12(2)19-17(24)20-16(23)13(3)21-7-9-22(10-8-21)15-6-4-5-14(18)11-15/h4-6,11-13H,7-10H2,1-3H3,(H2,19,20,23,24)/t13-/m1/s1. The van der Waals surface area contributed by atoms with Gasteiger partial charge in [0.25, 0.3) is 0 Å². The van der Waals surface area contributed by atoms with E-state index in [1.54, 1.807) is 0 Å². The predicted molar refractivity (Wildman–Crippen MR) is 96.5 cm³/mol. The highest BCUT2D eigenvalue weighted by Gasteiger charge is 2.26. The molecule has 0 saturated carbocycles. The lowest BCUT2D eigenvalue weighted by Gasteiger charge is -2.38. The lowest BCUT2D eigenvalue weighted by Crippen LogP contribution is -2.55. The van der Waals surface area contributed by atoms with E-state index in [1.807, 2.05) is 45.0 Å². The van der Waals surface area contributed by atoms with Crippen LogP contribution >= 0.6 is 11.6 Å². The minimum atomic E-state index is -0.445. The monoisotopic (exact) mass is 352 g/mol. The van der Waals surface area contributed by atoms with Crippen LogP contribution in [0, 0.1) is 0 Å². The predicted octanol–water partition coefficient (Wildman–Crippen LogP) is 2.08. The molecule has 1 aromatic carbocycles. The van der Waals surface area contributed by atoms with Gasteiger partial charge in [0, 0.05) is 42.9 Å². The van der Waals surface area contributed by atoms with Crippen molar-refractivity contribution in [2.24, 2.45) is 0 Å². The van der Waals surface area contributed by atoms with E-state index in [2.05, 4.69) is 20.4 Å². The Hall–Kier alpha value is -1.79. The Balaban J connectivity index is 1.85. The van der Waals surface area contributed by atoms with Crippen molar-refractivity contribution < 1.29 is 9.59 Å². The van der Waals surface area contributed by atoms with Gasteiger partial charge in [-0.15, -0.1) is 0 Å². The molecule has 3 amide bonds. The number of halogens is 1. The highest BCUT2D eigenvalue weighted by Crippen LogP contribution is 2.21. The number of anilines is 1. The van der Waals surface area contributed by atoms with Gasteiger partial charge in [-0.25, -0.2) is 4.79 Å². The number of rotatable bonds is 4. The minimum Gasteiger partial charge on any atom is -0.369 e. The number of carbonyl (C=O) groups is 2. The van der Waals surface area contributed by atoms with E-state index in [4.69, 9.17) is 11.6 Å². The molecule has 0 aromatic heterocycles. The van der Waals surface area contributed by atoms with Crippen LogP contribution in [0.1, 0.15) is 20.8 Å². The maximum atomic E-state index is 12.2. The summed E-state index contributed by atoms with van der Waals surface area (Å²) in [6.07, 6.45) is 0. The summed E-state index contributed by atoms with van der Waals surface area (Å²) < 4.78 is 0. The summed E-state index contributed by atoms with van der Waals surface area (Å²) in [5.41, 5.74) is 1.09. The Labute approximate surface area is 148 Å². The Morgan fingerprint density at radius 3 is 2.38 bits per heavy atom. The molecule has 6 nitrogen and oxygen atoms in total. The van der Waals surface area contributed by atoms with Gasteiger partial charge >= 0.3 is 6.03 Å². The van der Waals surface area contributed by atoms with Gasteiger partial charge in [0.05, 0.1) is 6.04 Å². The Morgan fingerprint density at radius 1 is 1.12 bits per heavy atom. The molecule has 1 aliphatic heterocycles. The molecular weight excluding hydrogens is 328 g/mol. The molecule has 0 radical (unpaired) electrons. The van der Waals surface area contributed by atoms with Gasteiger partial charge < -0.3 is 10.2 Å². The Bertz CT molecular complexity index is 586. The number of piperazine rings is 1. The number of nitrogens with one attached hydrogen (secondary N) is 2. The van der Waals surface area contributed by atoms with Crippen LogP contribution in [-0.4, -0.2) is 55.1 Å². The highest BCUT2D eigenvalue weighted by molar-refractivity contribution is 6.30. The fraction of sp³-hybridized carbons (Fsp3) is 0.529. The molecule has 132 valence electrons. The van der Waals surface area contributed by atoms with E-state index in [9.17, 15) is 9.59 Å². The third kappa shape index (κ3) is 5.11. The SMILES string of the molecule is CC(C)NC(=O)NC(=O)[C@@H](C)N1CCN(c2cccc(Cl)c2)CC1. The van der Waals surface area contributed by atoms with Crippen molar-refractivity contribution in [1.82, 2.24) is 15.5 Å². The maximum Gasteiger partial charge on any atom is 0.321 e. The third-order valence-electron chi connectivity index (χ3n) is 4.07. The zero-order valence-electron chi connectivity index (χ0n) is 14.4. The highest BCUT2D eigenvalue weighted by atomic mass is 35.5. The molecular formula is C17H25ClN4O2. The third-order valence-corrected chi connectivity index (χ3v) is 4.31. The first-order valence-corrected chi connectivity index (χ1v) is 8.60. The van der Waals surface area contributed by atoms with E-state index in [0.29, 0.717) is 0 Å². The van der Waals surface area contributed by atoms with Crippen LogP contribution in [0.2, 0.25) is 5.02 Å². The topological polar surface area (TPSA) is 64.7 Å². The van der Waals surface area contributed by atoms with Gasteiger partial charge in [0.1, 0.15) is 0 Å². The normalized spacial score (nSPS) is 16.8. The Morgan fingerprint density at radius 2 is 1.79 bits per heavy atom. The van der Waals surface area contributed by atoms with Crippen LogP contribution in [0.3, 0.4) is 0 Å². The number of hydrogen-bond acceptors (Lipinski definition) is 4. The molecule has 0 spiro atoms. The van der Waals surface area contributed by atoms with Crippen LogP contribution < -0.4 is 15.5 Å². The van der Waals surface area contributed by atoms with Gasteiger partial charge in [-0.1, -0.05) is 17.7 Å². The van der Waals surface area contributed by atoms with E-state index in [-0.39, 0.29) is 18.0 Å². The average molecular weight is 353 g/mol. The molecule has 1 saturated heterocycles. The van der Waals surface area contributed by atoms with Crippen molar-refractivity contribution in [2.75, 3.05) is 31.1 Å². The summed E-state index contributed by atoms with van der Waals surface area (Å²) >= 11 is 6.04. The first kappa shape index (κ1) is 18.5. The van der Waals surface area contributed by atoms with Crippen molar-refractivity contribution in [2.45, 2.75) is 32.9 Å². The Kier molecular flexibility index (Phi) is 6.45. The molecule has 7 heteroatoms. The van der Waals surface area contributed by atoms with Crippen LogP contribution in [-0.2, 0) is 4.79 Å². The van der Waals surface area contributed by atoms with E-state index < -0.39 is 6.03 Å². The van der Waals surface area contributed by atoms with Crippen LogP contribution in [0.4, 0.5) is 10.5 Å². The summed E-state index contributed by atoms with van der Waals surface area (Å²) in [5.74, 6) is -0.274. The summed E-state index contributed by atoms with van der Waals surface area (Å²) in [6.45, 7) is 8.67. The molecule has 1 heterocycles. The molecule has 0 aliphatic carbocycles. The fourth-order valence-electron chi connectivity index (χ4n) is 2.72. The van der Waals surface area contributed by atoms with E-state index in [0.717, 1.165) is 36.9 Å². The first-order chi connectivity index (χ1) is 11.4. The van der Waals surface area contributed by atoms with Crippen molar-refractivity contribution >= 4 is 29.2 Å². The van der Waals surface area contributed by atoms with Crippen molar-refractivity contribution in [1.29, 1.82) is 0 Å². The summed E-state index contributed by atoms with van der Waals surface area (Å²) in [7, 11) is 0. The molecule has 2 rings (SSSR count). The number of amides is 3. The first-order valence-electron chi connectivity index (χ1n) is 8.22. The van der Waals surface area contributed by atoms with Crippen molar-refractivity contribution in [3.8, 4) is 0 Å². The second kappa shape index (κ2) is 8.35. The van der Waals surface area contributed by atoms with Gasteiger partial charge in [0.15, 0.2) is 0 Å². The second-order valence-electron chi connectivity index (χ2n) is 6.30. The van der Waals surface area contributed by atoms with E-state index >= 15 is 0 Å². The van der Waals surface area contributed by atoms with E-state index in [1.165, 1.54) is 0 Å². The minimum absolute atomic E-state index is 0.00523. The zero-order valence-corrected chi connectivity index (χ0v) is 15.1. The van der Waals surface area contributed by atoms with Gasteiger partial charge in [-0.3, -0.25) is 15.0 Å². The van der Waals surface area contributed by atoms with Gasteiger partial charge in [0.2, 0.25) is 5.91 Å². The van der Waals surface area contributed by atoms with Crippen LogP contribution in [0.15, 0.2) is 24.3 Å². The van der Waals surface area contributed by atoms with Gasteiger partial charge in [-0.05, 0) is 39.0 Å². The number of urea groups is 1. The molecule has 1 aliphatic rings. The number of benzene rings is 1. The average Bonchev–Trinajstić information content (AvgIpc) is 2.53. The number of imide groups is 1. The maximum absolute atomic E-state index is 12.2. The molecule has 1 atom stereocenters. The lowest BCUT2D eigenvalue weighted by molar-refractivity contribution is -0.124. The number of hydrogen-bond donors (Lipinski definition) is 2. The molecule has 0 unspecified atom stereocenters. The molecule has 2 N–H and O–H groups in total. The molecule has 1 aromatic rings. The molecule has 0 bridgehead atoms. The fourth-order valence-corrected chi connectivity index (χ4v) is 2.91. The van der Waals surface area contributed by atoms with Crippen molar-refractivity contribution in [3.05, 3.63) is 29.3 Å². The zero-order chi connectivity index (χ0) is 17.7. The van der Waals surface area contributed by atoms with Crippen LogP contribution in [0.5, 0.6) is 0 Å². The number of carbonyl (C=O) groups excluding carboxylic acids is 2. The largest absolute Gasteiger partial charge is 0.369 e. The number of nitrogens with zero attached hydrogens (tertiary/aromatic N) is 2. The molecule has 24 heavy (non-hydrogen) atoms.